The highest BCUT2D eigenvalue weighted by atomic mass is 16.5. The number of aliphatic hydroxyl groups excluding tert-OH is 3. The molecule has 0 atom stereocenters. The fraction of sp³-hybridized carbons (Fsp3) is 0.442. The number of carbonyl (C=O) groups is 2. The number of rotatable bonds is 22. The molecule has 51 heavy (non-hydrogen) atoms. The number of esters is 2. The SMILES string of the molecule is C=C(C)C(=O)OCCc1cc(-c2ccc(-c3ccc(CCCCC)cc3)cc2CC)cc(CCOC(=O)C(=C)C)c1OCCC(CO)(CO)CO. The van der Waals surface area contributed by atoms with E-state index in [2.05, 4.69) is 69.5 Å². The molecular formula is C43H56O8. The van der Waals surface area contributed by atoms with E-state index in [4.69, 9.17) is 14.2 Å². The van der Waals surface area contributed by atoms with Gasteiger partial charge in [0.05, 0.1) is 39.6 Å². The first kappa shape index (κ1) is 41.2. The van der Waals surface area contributed by atoms with Gasteiger partial charge in [-0.3, -0.25) is 0 Å². The van der Waals surface area contributed by atoms with Crippen LogP contribution in [0.2, 0.25) is 0 Å². The maximum atomic E-state index is 12.2. The van der Waals surface area contributed by atoms with Crippen molar-refractivity contribution >= 4 is 11.9 Å². The van der Waals surface area contributed by atoms with Gasteiger partial charge in [-0.1, -0.05) is 82.3 Å². The summed E-state index contributed by atoms with van der Waals surface area (Å²) in [5, 5.41) is 29.6. The van der Waals surface area contributed by atoms with E-state index >= 15 is 0 Å². The zero-order valence-electron chi connectivity index (χ0n) is 30.9. The zero-order chi connectivity index (χ0) is 37.4. The number of benzene rings is 3. The van der Waals surface area contributed by atoms with Crippen molar-refractivity contribution in [2.75, 3.05) is 39.6 Å². The summed E-state index contributed by atoms with van der Waals surface area (Å²) in [6, 6.07) is 19.4. The van der Waals surface area contributed by atoms with Gasteiger partial charge in [0.25, 0.3) is 0 Å². The van der Waals surface area contributed by atoms with Crippen LogP contribution in [-0.2, 0) is 44.7 Å². The molecule has 0 spiro atoms. The molecule has 0 radical (unpaired) electrons. The zero-order valence-corrected chi connectivity index (χ0v) is 30.9. The lowest BCUT2D eigenvalue weighted by atomic mass is 9.87. The van der Waals surface area contributed by atoms with Crippen molar-refractivity contribution in [2.24, 2.45) is 5.41 Å². The van der Waals surface area contributed by atoms with Gasteiger partial charge >= 0.3 is 11.9 Å². The molecule has 0 aliphatic rings. The maximum absolute atomic E-state index is 12.2. The number of carbonyl (C=O) groups excluding carboxylic acids is 2. The minimum atomic E-state index is -1.11. The second-order valence-electron chi connectivity index (χ2n) is 13.4. The third kappa shape index (κ3) is 11.9. The molecule has 0 unspecified atom stereocenters. The first-order valence-electron chi connectivity index (χ1n) is 18.0. The van der Waals surface area contributed by atoms with Crippen molar-refractivity contribution in [2.45, 2.75) is 79.1 Å². The van der Waals surface area contributed by atoms with Gasteiger partial charge in [-0.15, -0.1) is 0 Å². The van der Waals surface area contributed by atoms with Crippen molar-refractivity contribution in [1.82, 2.24) is 0 Å². The standard InChI is InChI=1S/C43H56O8/c1-7-9-10-11-32-12-14-34(15-13-32)35-16-17-39(33(8-2)24-35)38-25-36(18-21-50-41(47)30(3)4)40(49-23-20-43(27-44,28-45)29-46)37(26-38)19-22-51-42(48)31(5)6/h12-17,24-26,44-46H,3,5,7-11,18-23,27-29H2,1-2,4,6H3. The summed E-state index contributed by atoms with van der Waals surface area (Å²) in [7, 11) is 0. The van der Waals surface area contributed by atoms with Crippen LogP contribution in [-0.4, -0.2) is 66.9 Å². The first-order valence-corrected chi connectivity index (χ1v) is 18.0. The third-order valence-electron chi connectivity index (χ3n) is 9.19. The molecule has 0 aliphatic carbocycles. The molecule has 0 saturated heterocycles. The van der Waals surface area contributed by atoms with Crippen LogP contribution in [0, 0.1) is 5.41 Å². The number of hydrogen-bond acceptors (Lipinski definition) is 8. The van der Waals surface area contributed by atoms with Gasteiger partial charge in [0.1, 0.15) is 5.75 Å². The topological polar surface area (TPSA) is 123 Å². The van der Waals surface area contributed by atoms with Crippen LogP contribution >= 0.6 is 0 Å². The Bertz CT molecular complexity index is 1560. The Balaban J connectivity index is 2.06. The Kier molecular flexibility index (Phi) is 16.6. The normalized spacial score (nSPS) is 11.3. The summed E-state index contributed by atoms with van der Waals surface area (Å²) < 4.78 is 17.3. The van der Waals surface area contributed by atoms with Crippen molar-refractivity contribution < 1.29 is 39.1 Å². The number of hydrogen-bond donors (Lipinski definition) is 3. The van der Waals surface area contributed by atoms with Gasteiger partial charge in [-0.05, 0) is 96.2 Å². The van der Waals surface area contributed by atoms with Crippen LogP contribution in [0.15, 0.2) is 78.9 Å². The highest BCUT2D eigenvalue weighted by Gasteiger charge is 2.28. The average molecular weight is 701 g/mol. The lowest BCUT2D eigenvalue weighted by Crippen LogP contribution is -2.35. The second-order valence-corrected chi connectivity index (χ2v) is 13.4. The average Bonchev–Trinajstić information content (AvgIpc) is 3.14. The van der Waals surface area contributed by atoms with Crippen LogP contribution in [0.25, 0.3) is 22.3 Å². The monoisotopic (exact) mass is 700 g/mol. The molecule has 0 fully saturated rings. The number of aryl methyl sites for hydroxylation is 2. The van der Waals surface area contributed by atoms with E-state index in [9.17, 15) is 24.9 Å². The molecule has 8 nitrogen and oxygen atoms in total. The van der Waals surface area contributed by atoms with Crippen molar-refractivity contribution in [1.29, 1.82) is 0 Å². The summed E-state index contributed by atoms with van der Waals surface area (Å²) >= 11 is 0. The summed E-state index contributed by atoms with van der Waals surface area (Å²) in [5.41, 5.74) is 7.82. The van der Waals surface area contributed by atoms with Gasteiger partial charge < -0.3 is 29.5 Å². The minimum absolute atomic E-state index is 0.0808. The highest BCUT2D eigenvalue weighted by Crippen LogP contribution is 2.36. The predicted octanol–water partition coefficient (Wildman–Crippen LogP) is 7.37. The van der Waals surface area contributed by atoms with E-state index in [1.165, 1.54) is 24.8 Å². The quantitative estimate of drug-likeness (QED) is 0.0564. The fourth-order valence-electron chi connectivity index (χ4n) is 5.77. The number of aliphatic hydroxyl groups is 3. The summed E-state index contributed by atoms with van der Waals surface area (Å²) in [6.07, 6.45) is 6.35. The number of unbranched alkanes of at least 4 members (excludes halogenated alkanes) is 2. The van der Waals surface area contributed by atoms with Crippen LogP contribution in [0.5, 0.6) is 5.75 Å². The molecule has 3 aromatic carbocycles. The fourth-order valence-corrected chi connectivity index (χ4v) is 5.77. The Morgan fingerprint density at radius 1 is 0.667 bits per heavy atom. The van der Waals surface area contributed by atoms with Crippen LogP contribution in [0.3, 0.4) is 0 Å². The van der Waals surface area contributed by atoms with Crippen LogP contribution in [0.1, 0.15) is 75.6 Å². The number of ether oxygens (including phenoxy) is 3. The third-order valence-corrected chi connectivity index (χ3v) is 9.19. The molecule has 0 heterocycles. The smallest absolute Gasteiger partial charge is 0.333 e. The molecule has 0 aromatic heterocycles. The van der Waals surface area contributed by atoms with E-state index in [1.807, 2.05) is 12.1 Å². The molecule has 3 N–H and O–H groups in total. The molecular weight excluding hydrogens is 644 g/mol. The van der Waals surface area contributed by atoms with Crippen LogP contribution < -0.4 is 4.74 Å². The Labute approximate surface area is 303 Å². The molecule has 0 saturated carbocycles. The van der Waals surface area contributed by atoms with E-state index in [0.717, 1.165) is 51.8 Å². The molecule has 276 valence electrons. The van der Waals surface area contributed by atoms with Gasteiger partial charge in [0, 0.05) is 29.4 Å². The summed E-state index contributed by atoms with van der Waals surface area (Å²) in [4.78, 5) is 24.5. The van der Waals surface area contributed by atoms with E-state index in [1.54, 1.807) is 13.8 Å². The van der Waals surface area contributed by atoms with E-state index < -0.39 is 37.2 Å². The molecule has 8 heteroatoms. The maximum Gasteiger partial charge on any atom is 0.333 e. The second kappa shape index (κ2) is 20.6. The van der Waals surface area contributed by atoms with Crippen molar-refractivity contribution in [3.05, 3.63) is 101 Å². The summed E-state index contributed by atoms with van der Waals surface area (Å²) in [6.45, 7) is 13.9. The van der Waals surface area contributed by atoms with Gasteiger partial charge in [-0.25, -0.2) is 9.59 Å². The largest absolute Gasteiger partial charge is 0.493 e. The lowest BCUT2D eigenvalue weighted by molar-refractivity contribution is -0.139. The Morgan fingerprint density at radius 2 is 1.20 bits per heavy atom. The summed E-state index contributed by atoms with van der Waals surface area (Å²) in [5.74, 6) is -0.443. The molecule has 3 rings (SSSR count). The van der Waals surface area contributed by atoms with E-state index in [0.29, 0.717) is 29.7 Å². The highest BCUT2D eigenvalue weighted by molar-refractivity contribution is 5.87. The van der Waals surface area contributed by atoms with Gasteiger partial charge in [-0.2, -0.15) is 0 Å². The van der Waals surface area contributed by atoms with Crippen molar-refractivity contribution in [3.8, 4) is 28.0 Å². The van der Waals surface area contributed by atoms with Crippen molar-refractivity contribution in [3.63, 3.8) is 0 Å². The van der Waals surface area contributed by atoms with Gasteiger partial charge in [0.15, 0.2) is 0 Å². The Hall–Kier alpha value is -4.24. The lowest BCUT2D eigenvalue weighted by Gasteiger charge is -2.28. The predicted molar refractivity (Wildman–Crippen MR) is 203 cm³/mol. The van der Waals surface area contributed by atoms with Crippen LogP contribution in [0.4, 0.5) is 0 Å². The van der Waals surface area contributed by atoms with Gasteiger partial charge in [0.2, 0.25) is 0 Å². The molecule has 3 aromatic rings. The first-order chi connectivity index (χ1) is 24.5. The van der Waals surface area contributed by atoms with E-state index in [-0.39, 0.29) is 26.2 Å². The molecule has 0 bridgehead atoms. The molecule has 0 amide bonds. The Morgan fingerprint density at radius 3 is 1.69 bits per heavy atom. The minimum Gasteiger partial charge on any atom is -0.493 e. The molecule has 0 aliphatic heterocycles.